The third-order valence-corrected chi connectivity index (χ3v) is 4.74. The molecule has 0 atom stereocenters. The zero-order valence-corrected chi connectivity index (χ0v) is 16.6. The third-order valence-electron chi connectivity index (χ3n) is 4.74. The summed E-state index contributed by atoms with van der Waals surface area (Å²) < 4.78 is 22.3. The Morgan fingerprint density at radius 1 is 0.828 bits per heavy atom. The number of aromatic nitrogens is 2. The summed E-state index contributed by atoms with van der Waals surface area (Å²) in [6.45, 7) is 0.460. The maximum atomic E-state index is 5.98. The van der Waals surface area contributed by atoms with Crippen LogP contribution in [0.2, 0.25) is 0 Å². The van der Waals surface area contributed by atoms with Crippen molar-refractivity contribution in [3.05, 3.63) is 66.4 Å². The molecule has 0 aliphatic carbocycles. The van der Waals surface area contributed by atoms with Crippen LogP contribution in [-0.4, -0.2) is 31.5 Å². The number of hydrogen-bond acceptors (Lipinski definition) is 5. The maximum absolute atomic E-state index is 5.98. The summed E-state index contributed by atoms with van der Waals surface area (Å²) in [5.74, 6) is 2.62. The predicted molar refractivity (Wildman–Crippen MR) is 112 cm³/mol. The van der Waals surface area contributed by atoms with Crippen molar-refractivity contribution in [3.8, 4) is 34.1 Å². The van der Waals surface area contributed by atoms with E-state index in [1.54, 1.807) is 27.5 Å². The van der Waals surface area contributed by atoms with Gasteiger partial charge in [0.1, 0.15) is 12.4 Å². The Balaban J connectivity index is 1.58. The first-order valence-corrected chi connectivity index (χ1v) is 9.17. The molecule has 0 aliphatic rings. The van der Waals surface area contributed by atoms with Gasteiger partial charge in [0.25, 0.3) is 0 Å². The first-order chi connectivity index (χ1) is 14.2. The van der Waals surface area contributed by atoms with E-state index in [2.05, 4.69) is 16.3 Å². The average Bonchev–Trinajstić information content (AvgIpc) is 3.24. The summed E-state index contributed by atoms with van der Waals surface area (Å²) in [6.07, 6.45) is 1.78. The van der Waals surface area contributed by atoms with E-state index in [9.17, 15) is 0 Å². The number of nitrogens with one attached hydrogen (secondary N) is 1. The Bertz CT molecular complexity index is 1110. The molecular weight excluding hydrogens is 368 g/mol. The largest absolute Gasteiger partial charge is 0.493 e. The molecule has 0 spiro atoms. The Kier molecular flexibility index (Phi) is 5.24. The number of methoxy groups -OCH3 is 3. The lowest BCUT2D eigenvalue weighted by atomic mass is 10.0. The second-order valence-electron chi connectivity index (χ2n) is 6.52. The molecule has 0 fully saturated rings. The number of H-pyrrole nitrogens is 1. The van der Waals surface area contributed by atoms with E-state index in [1.807, 2.05) is 48.5 Å². The molecule has 0 saturated carbocycles. The van der Waals surface area contributed by atoms with Gasteiger partial charge in [0.05, 0.1) is 33.0 Å². The molecule has 3 aromatic carbocycles. The molecule has 4 rings (SSSR count). The lowest BCUT2D eigenvalue weighted by Gasteiger charge is -2.15. The van der Waals surface area contributed by atoms with Gasteiger partial charge in [-0.05, 0) is 53.1 Å². The van der Waals surface area contributed by atoms with Gasteiger partial charge in [0, 0.05) is 5.39 Å². The van der Waals surface area contributed by atoms with E-state index >= 15 is 0 Å². The molecule has 0 saturated heterocycles. The molecule has 6 nitrogen and oxygen atoms in total. The number of aromatic amines is 1. The number of rotatable bonds is 7. The van der Waals surface area contributed by atoms with E-state index in [0.717, 1.165) is 33.3 Å². The predicted octanol–water partition coefficient (Wildman–Crippen LogP) is 4.83. The van der Waals surface area contributed by atoms with Crippen LogP contribution in [0.1, 0.15) is 5.56 Å². The minimum atomic E-state index is 0.460. The monoisotopic (exact) mass is 390 g/mol. The molecule has 29 heavy (non-hydrogen) atoms. The van der Waals surface area contributed by atoms with Crippen LogP contribution in [0.4, 0.5) is 0 Å². The van der Waals surface area contributed by atoms with Crippen molar-refractivity contribution in [2.75, 3.05) is 21.3 Å². The summed E-state index contributed by atoms with van der Waals surface area (Å²) in [5.41, 5.74) is 4.06. The van der Waals surface area contributed by atoms with E-state index in [-0.39, 0.29) is 0 Å². The van der Waals surface area contributed by atoms with Crippen molar-refractivity contribution < 1.29 is 18.9 Å². The van der Waals surface area contributed by atoms with Crippen LogP contribution in [0.15, 0.2) is 60.8 Å². The first kappa shape index (κ1) is 18.7. The minimum absolute atomic E-state index is 0.460. The van der Waals surface area contributed by atoms with Crippen LogP contribution in [-0.2, 0) is 6.61 Å². The Morgan fingerprint density at radius 2 is 1.62 bits per heavy atom. The summed E-state index contributed by atoms with van der Waals surface area (Å²) in [4.78, 5) is 0. The molecule has 1 N–H and O–H groups in total. The first-order valence-electron chi connectivity index (χ1n) is 9.17. The van der Waals surface area contributed by atoms with Gasteiger partial charge in [-0.1, -0.05) is 18.2 Å². The van der Waals surface area contributed by atoms with Crippen LogP contribution in [0, 0.1) is 0 Å². The van der Waals surface area contributed by atoms with Crippen molar-refractivity contribution in [2.24, 2.45) is 0 Å². The molecule has 0 radical (unpaired) electrons. The molecule has 148 valence electrons. The number of hydrogen-bond donors (Lipinski definition) is 1. The molecule has 6 heteroatoms. The second-order valence-corrected chi connectivity index (χ2v) is 6.52. The number of nitrogens with zero attached hydrogens (tertiary/aromatic N) is 1. The highest BCUT2D eigenvalue weighted by atomic mass is 16.5. The van der Waals surface area contributed by atoms with E-state index in [0.29, 0.717) is 23.9 Å². The lowest BCUT2D eigenvalue weighted by Crippen LogP contribution is -1.97. The number of fused-ring (bicyclic) bond motifs is 1. The van der Waals surface area contributed by atoms with Crippen LogP contribution < -0.4 is 18.9 Å². The fourth-order valence-corrected chi connectivity index (χ4v) is 3.27. The van der Waals surface area contributed by atoms with Crippen molar-refractivity contribution in [2.45, 2.75) is 6.61 Å². The molecule has 0 aliphatic heterocycles. The summed E-state index contributed by atoms with van der Waals surface area (Å²) in [7, 11) is 4.82. The summed E-state index contributed by atoms with van der Waals surface area (Å²) >= 11 is 0. The van der Waals surface area contributed by atoms with Gasteiger partial charge in [-0.25, -0.2) is 0 Å². The molecule has 0 amide bonds. The Hall–Kier alpha value is -3.67. The highest BCUT2D eigenvalue weighted by molar-refractivity contribution is 5.79. The lowest BCUT2D eigenvalue weighted by molar-refractivity contribution is 0.306. The molecular formula is C23H22N2O4. The molecule has 1 aromatic heterocycles. The van der Waals surface area contributed by atoms with E-state index in [1.165, 1.54) is 0 Å². The van der Waals surface area contributed by atoms with Gasteiger partial charge < -0.3 is 18.9 Å². The Labute approximate surface area is 169 Å². The van der Waals surface area contributed by atoms with Crippen LogP contribution >= 0.6 is 0 Å². The zero-order valence-electron chi connectivity index (χ0n) is 16.6. The van der Waals surface area contributed by atoms with Crippen LogP contribution in [0.5, 0.6) is 23.0 Å². The van der Waals surface area contributed by atoms with Crippen LogP contribution in [0.25, 0.3) is 22.0 Å². The smallest absolute Gasteiger partial charge is 0.203 e. The molecule has 1 heterocycles. The second kappa shape index (κ2) is 8.14. The van der Waals surface area contributed by atoms with E-state index < -0.39 is 0 Å². The topological polar surface area (TPSA) is 65.6 Å². The van der Waals surface area contributed by atoms with Crippen molar-refractivity contribution >= 4 is 10.9 Å². The van der Waals surface area contributed by atoms with Crippen molar-refractivity contribution in [1.29, 1.82) is 0 Å². The van der Waals surface area contributed by atoms with Gasteiger partial charge in [-0.15, -0.1) is 0 Å². The fraction of sp³-hybridized carbons (Fsp3) is 0.174. The Morgan fingerprint density at radius 3 is 2.34 bits per heavy atom. The van der Waals surface area contributed by atoms with Gasteiger partial charge >= 0.3 is 0 Å². The standard InChI is InChI=1S/C23H22N2O4/c1-26-21-11-17(12-22(27-2)23(21)28-3)16-6-4-5-15(9-16)14-29-19-7-8-20-18(10-19)13-24-25-20/h4-13H,14H2,1-3H3,(H,24,25). The fourth-order valence-electron chi connectivity index (χ4n) is 3.27. The van der Waals surface area contributed by atoms with Gasteiger partial charge in [0.2, 0.25) is 5.75 Å². The zero-order chi connectivity index (χ0) is 20.2. The van der Waals surface area contributed by atoms with Crippen LogP contribution in [0.3, 0.4) is 0 Å². The maximum Gasteiger partial charge on any atom is 0.203 e. The van der Waals surface area contributed by atoms with Gasteiger partial charge in [-0.3, -0.25) is 5.10 Å². The molecule has 0 unspecified atom stereocenters. The quantitative estimate of drug-likeness (QED) is 0.489. The van der Waals surface area contributed by atoms with Crippen molar-refractivity contribution in [3.63, 3.8) is 0 Å². The molecule has 4 aromatic rings. The van der Waals surface area contributed by atoms with Crippen molar-refractivity contribution in [1.82, 2.24) is 10.2 Å². The third kappa shape index (κ3) is 3.82. The number of benzene rings is 3. The average molecular weight is 390 g/mol. The minimum Gasteiger partial charge on any atom is -0.493 e. The molecule has 0 bridgehead atoms. The van der Waals surface area contributed by atoms with Gasteiger partial charge in [0.15, 0.2) is 11.5 Å². The summed E-state index contributed by atoms with van der Waals surface area (Å²) in [5, 5.41) is 8.00. The SMILES string of the molecule is COc1cc(-c2cccc(COc3ccc4[nH]ncc4c3)c2)cc(OC)c1OC. The van der Waals surface area contributed by atoms with E-state index in [4.69, 9.17) is 18.9 Å². The summed E-state index contributed by atoms with van der Waals surface area (Å²) in [6, 6.07) is 17.9. The van der Waals surface area contributed by atoms with Gasteiger partial charge in [-0.2, -0.15) is 5.10 Å². The number of ether oxygens (including phenoxy) is 4. The highest BCUT2D eigenvalue weighted by Gasteiger charge is 2.14. The highest BCUT2D eigenvalue weighted by Crippen LogP contribution is 2.41. The normalized spacial score (nSPS) is 10.7.